The third kappa shape index (κ3) is 3.27. The highest BCUT2D eigenvalue weighted by Crippen LogP contribution is 2.35. The number of nitrogen functional groups attached to an aromatic ring is 1. The number of hydrogen-bond acceptors (Lipinski definition) is 6. The quantitative estimate of drug-likeness (QED) is 0.543. The van der Waals surface area contributed by atoms with Crippen molar-refractivity contribution in [2.24, 2.45) is 0 Å². The van der Waals surface area contributed by atoms with Crippen LogP contribution in [0.1, 0.15) is 6.42 Å². The Balaban J connectivity index is 1.58. The van der Waals surface area contributed by atoms with Gasteiger partial charge in [0.1, 0.15) is 29.5 Å². The molecule has 8 heteroatoms. The van der Waals surface area contributed by atoms with Gasteiger partial charge >= 0.3 is 0 Å². The van der Waals surface area contributed by atoms with Crippen molar-refractivity contribution in [3.63, 3.8) is 0 Å². The van der Waals surface area contributed by atoms with Gasteiger partial charge in [-0.3, -0.25) is 4.68 Å². The Bertz CT molecular complexity index is 1170. The van der Waals surface area contributed by atoms with E-state index in [-0.39, 0.29) is 5.82 Å². The van der Waals surface area contributed by atoms with E-state index < -0.39 is 5.82 Å². The number of nitrogens with two attached hydrogens (primary N) is 1. The topological polar surface area (TPSA) is 90.9 Å². The van der Waals surface area contributed by atoms with Gasteiger partial charge in [0.25, 0.3) is 0 Å². The van der Waals surface area contributed by atoms with Crippen LogP contribution < -0.4 is 15.8 Å². The zero-order valence-corrected chi connectivity index (χ0v) is 15.5. The lowest BCUT2D eigenvalue weighted by Gasteiger charge is -2.28. The third-order valence-corrected chi connectivity index (χ3v) is 5.06. The number of hydrogen-bond donors (Lipinski definition) is 2. The molecule has 2 aromatic heterocycles. The molecule has 1 aliphatic heterocycles. The largest absolute Gasteiger partial charge is 0.457 e. The number of benzene rings is 2. The molecule has 4 aromatic rings. The molecule has 2 aromatic carbocycles. The van der Waals surface area contributed by atoms with Gasteiger partial charge in [-0.15, -0.1) is 0 Å². The molecule has 146 valence electrons. The van der Waals surface area contributed by atoms with Crippen LogP contribution in [0.5, 0.6) is 11.5 Å². The van der Waals surface area contributed by atoms with Crippen molar-refractivity contribution in [1.29, 1.82) is 0 Å². The lowest BCUT2D eigenvalue weighted by Crippen LogP contribution is -2.45. The number of anilines is 1. The minimum atomic E-state index is -0.425. The molecule has 1 fully saturated rings. The summed E-state index contributed by atoms with van der Waals surface area (Å²) in [5, 5.41) is 8.45. The van der Waals surface area contributed by atoms with Crippen LogP contribution in [-0.2, 0) is 6.54 Å². The Hall–Kier alpha value is -3.52. The Labute approximate surface area is 166 Å². The molecular weight excluding hydrogens is 371 g/mol. The molecular formula is C21H19FN6O. The van der Waals surface area contributed by atoms with Gasteiger partial charge in [0, 0.05) is 17.7 Å². The summed E-state index contributed by atoms with van der Waals surface area (Å²) < 4.78 is 22.7. The summed E-state index contributed by atoms with van der Waals surface area (Å²) in [7, 11) is 0. The van der Waals surface area contributed by atoms with Gasteiger partial charge in [-0.25, -0.2) is 14.4 Å². The van der Waals surface area contributed by atoms with Gasteiger partial charge in [-0.05, 0) is 37.2 Å². The highest BCUT2D eigenvalue weighted by Gasteiger charge is 2.24. The second-order valence-corrected chi connectivity index (χ2v) is 6.98. The maximum Gasteiger partial charge on any atom is 0.187 e. The summed E-state index contributed by atoms with van der Waals surface area (Å²) >= 11 is 0. The molecule has 0 spiro atoms. The third-order valence-electron chi connectivity index (χ3n) is 5.06. The molecule has 3 heterocycles. The second-order valence-electron chi connectivity index (χ2n) is 6.98. The molecule has 0 amide bonds. The van der Waals surface area contributed by atoms with Gasteiger partial charge in [-0.2, -0.15) is 5.10 Å². The number of nitrogens with zero attached hydrogens (tertiary/aromatic N) is 4. The first-order valence-electron chi connectivity index (χ1n) is 9.42. The average Bonchev–Trinajstić information content (AvgIpc) is 3.05. The first-order valence-corrected chi connectivity index (χ1v) is 9.42. The maximum absolute atomic E-state index is 15.2. The van der Waals surface area contributed by atoms with E-state index in [1.54, 1.807) is 16.8 Å². The molecule has 1 unspecified atom stereocenters. The van der Waals surface area contributed by atoms with Crippen LogP contribution in [0.25, 0.3) is 22.3 Å². The van der Waals surface area contributed by atoms with Gasteiger partial charge in [0.05, 0.1) is 17.6 Å². The molecule has 29 heavy (non-hydrogen) atoms. The molecule has 0 bridgehead atoms. The summed E-state index contributed by atoms with van der Waals surface area (Å²) in [6.07, 6.45) is 2.41. The smallest absolute Gasteiger partial charge is 0.187 e. The van der Waals surface area contributed by atoms with E-state index in [9.17, 15) is 0 Å². The summed E-state index contributed by atoms with van der Waals surface area (Å²) in [6.45, 7) is 1.58. The van der Waals surface area contributed by atoms with Gasteiger partial charge in [-0.1, -0.05) is 18.2 Å². The summed E-state index contributed by atoms with van der Waals surface area (Å²) in [5.41, 5.74) is 7.52. The van der Waals surface area contributed by atoms with Crippen molar-refractivity contribution in [3.8, 4) is 22.8 Å². The van der Waals surface area contributed by atoms with Crippen molar-refractivity contribution in [2.45, 2.75) is 19.0 Å². The predicted molar refractivity (Wildman–Crippen MR) is 108 cm³/mol. The SMILES string of the molecule is Nc1ncnc2nn(CC3CCN3)c(-c3ccc(Oc4ccccc4)cc3F)c12. The fourth-order valence-corrected chi connectivity index (χ4v) is 3.48. The van der Waals surface area contributed by atoms with Gasteiger partial charge in [0.15, 0.2) is 5.65 Å². The summed E-state index contributed by atoms with van der Waals surface area (Å²) in [6, 6.07) is 14.3. The number of ether oxygens (including phenoxy) is 1. The predicted octanol–water partition coefficient (Wildman–Crippen LogP) is 3.37. The number of fused-ring (bicyclic) bond motifs is 1. The Morgan fingerprint density at radius 3 is 2.69 bits per heavy atom. The van der Waals surface area contributed by atoms with Crippen LogP contribution in [-0.4, -0.2) is 32.3 Å². The minimum Gasteiger partial charge on any atom is -0.457 e. The highest BCUT2D eigenvalue weighted by molar-refractivity contribution is 5.98. The van der Waals surface area contributed by atoms with E-state index in [0.29, 0.717) is 46.4 Å². The standard InChI is InChI=1S/C21H19FN6O/c22-17-10-15(29-14-4-2-1-3-5-14)6-7-16(17)19-18-20(23)25-12-26-21(18)27-28(19)11-13-8-9-24-13/h1-7,10,12-13,24H,8-9,11H2,(H2,23,25,26,27). The Morgan fingerprint density at radius 2 is 1.97 bits per heavy atom. The number of nitrogens with one attached hydrogen (secondary N) is 1. The van der Waals surface area contributed by atoms with Crippen LogP contribution in [0.15, 0.2) is 54.9 Å². The molecule has 5 rings (SSSR count). The van der Waals surface area contributed by atoms with Crippen molar-refractivity contribution >= 4 is 16.9 Å². The fourth-order valence-electron chi connectivity index (χ4n) is 3.48. The Kier molecular flexibility index (Phi) is 4.33. The van der Waals surface area contributed by atoms with Crippen LogP contribution in [0.4, 0.5) is 10.2 Å². The molecule has 7 nitrogen and oxygen atoms in total. The lowest BCUT2D eigenvalue weighted by atomic mass is 10.1. The first-order chi connectivity index (χ1) is 14.2. The fraction of sp³-hybridized carbons (Fsp3) is 0.190. The molecule has 3 N–H and O–H groups in total. The molecule has 0 saturated carbocycles. The van der Waals surface area contributed by atoms with E-state index in [2.05, 4.69) is 20.4 Å². The van der Waals surface area contributed by atoms with Crippen LogP contribution in [0, 0.1) is 5.82 Å². The van der Waals surface area contributed by atoms with Gasteiger partial charge in [0.2, 0.25) is 0 Å². The molecule has 0 radical (unpaired) electrons. The number of aromatic nitrogens is 4. The molecule has 1 atom stereocenters. The summed E-state index contributed by atoms with van der Waals surface area (Å²) in [4.78, 5) is 8.29. The normalized spacial score (nSPS) is 16.0. The van der Waals surface area contributed by atoms with Crippen molar-refractivity contribution in [3.05, 3.63) is 60.7 Å². The zero-order chi connectivity index (χ0) is 19.8. The lowest BCUT2D eigenvalue weighted by molar-refractivity contribution is 0.321. The molecule has 1 aliphatic rings. The zero-order valence-electron chi connectivity index (χ0n) is 15.5. The Morgan fingerprint density at radius 1 is 1.14 bits per heavy atom. The molecule has 0 aliphatic carbocycles. The van der Waals surface area contributed by atoms with Gasteiger partial charge < -0.3 is 15.8 Å². The molecule has 1 saturated heterocycles. The average molecular weight is 390 g/mol. The van der Waals surface area contributed by atoms with Crippen LogP contribution >= 0.6 is 0 Å². The van der Waals surface area contributed by atoms with Crippen LogP contribution in [0.3, 0.4) is 0 Å². The van der Waals surface area contributed by atoms with E-state index in [1.165, 1.54) is 12.4 Å². The highest BCUT2D eigenvalue weighted by atomic mass is 19.1. The maximum atomic E-state index is 15.2. The van der Waals surface area contributed by atoms with Crippen LogP contribution in [0.2, 0.25) is 0 Å². The van der Waals surface area contributed by atoms with E-state index in [4.69, 9.17) is 10.5 Å². The number of halogens is 1. The second kappa shape index (κ2) is 7.14. The van der Waals surface area contributed by atoms with E-state index in [1.807, 2.05) is 30.3 Å². The number of rotatable bonds is 5. The van der Waals surface area contributed by atoms with Crippen molar-refractivity contribution in [2.75, 3.05) is 12.3 Å². The van der Waals surface area contributed by atoms with E-state index >= 15 is 4.39 Å². The van der Waals surface area contributed by atoms with E-state index in [0.717, 1.165) is 13.0 Å². The first kappa shape index (κ1) is 17.6. The van der Waals surface area contributed by atoms with Crippen molar-refractivity contribution < 1.29 is 9.13 Å². The number of para-hydroxylation sites is 1. The van der Waals surface area contributed by atoms with Crippen molar-refractivity contribution in [1.82, 2.24) is 25.1 Å². The summed E-state index contributed by atoms with van der Waals surface area (Å²) in [5.74, 6) is 0.912. The monoisotopic (exact) mass is 390 g/mol. The minimum absolute atomic E-state index is 0.279.